The summed E-state index contributed by atoms with van der Waals surface area (Å²) in [6, 6.07) is 16.1. The first-order valence-corrected chi connectivity index (χ1v) is 9.96. The van der Waals surface area contributed by atoms with Gasteiger partial charge in [-0.05, 0) is 41.3 Å². The molecule has 0 aliphatic carbocycles. The molecule has 0 bridgehead atoms. The van der Waals surface area contributed by atoms with E-state index < -0.39 is 0 Å². The van der Waals surface area contributed by atoms with E-state index >= 15 is 0 Å². The van der Waals surface area contributed by atoms with E-state index in [1.807, 2.05) is 60.9 Å². The highest BCUT2D eigenvalue weighted by Crippen LogP contribution is 2.31. The van der Waals surface area contributed by atoms with Gasteiger partial charge >= 0.3 is 0 Å². The lowest BCUT2D eigenvalue weighted by Gasteiger charge is -2.11. The number of allylic oxidation sites excluding steroid dienone is 1. The molecule has 0 radical (unpaired) electrons. The lowest BCUT2D eigenvalue weighted by atomic mass is 10.00. The predicted octanol–water partition coefficient (Wildman–Crippen LogP) is 5.39. The standard InChI is InChI=1S/C25H19N3O3/c26-14-19(12-17-2-1-3-18-15-27-8-6-21(17)18)23-16-28-24-5-4-20(13-22(23)24)29-9-7-25-30-10-11-31-25/h1-6,8,10-13,15-16,25,28H,7,9H2/b19-12+. The smallest absolute Gasteiger partial charge is 0.242 e. The van der Waals surface area contributed by atoms with Crippen molar-refractivity contribution in [2.45, 2.75) is 12.7 Å². The van der Waals surface area contributed by atoms with Crippen LogP contribution in [0.5, 0.6) is 5.75 Å². The van der Waals surface area contributed by atoms with Gasteiger partial charge in [-0.25, -0.2) is 0 Å². The maximum atomic E-state index is 9.91. The number of nitrogens with one attached hydrogen (secondary N) is 1. The number of hydrogen-bond acceptors (Lipinski definition) is 5. The second kappa shape index (κ2) is 8.25. The molecule has 0 spiro atoms. The van der Waals surface area contributed by atoms with Crippen LogP contribution in [0.1, 0.15) is 17.5 Å². The topological polar surface area (TPSA) is 80.2 Å². The molecule has 1 aliphatic rings. The molecule has 2 aromatic carbocycles. The Balaban J connectivity index is 1.45. The molecule has 3 heterocycles. The number of pyridine rings is 1. The highest BCUT2D eigenvalue weighted by atomic mass is 16.7. The van der Waals surface area contributed by atoms with Crippen LogP contribution in [0.15, 0.2) is 73.6 Å². The van der Waals surface area contributed by atoms with Crippen molar-refractivity contribution < 1.29 is 14.2 Å². The van der Waals surface area contributed by atoms with Crippen LogP contribution in [0.2, 0.25) is 0 Å². The minimum absolute atomic E-state index is 0.296. The summed E-state index contributed by atoms with van der Waals surface area (Å²) in [5.74, 6) is 0.729. The van der Waals surface area contributed by atoms with Crippen molar-refractivity contribution >= 4 is 33.3 Å². The largest absolute Gasteiger partial charge is 0.493 e. The Morgan fingerprint density at radius 1 is 1.16 bits per heavy atom. The van der Waals surface area contributed by atoms with Gasteiger partial charge < -0.3 is 19.2 Å². The molecule has 0 fully saturated rings. The molecule has 0 amide bonds. The number of rotatable bonds is 6. The molecule has 152 valence electrons. The van der Waals surface area contributed by atoms with Gasteiger partial charge in [0.2, 0.25) is 6.29 Å². The second-order valence-electron chi connectivity index (χ2n) is 7.13. The SMILES string of the molecule is N#C/C(=C\c1cccc2cnccc12)c1c[nH]c2ccc(OCCC3OC=CO3)cc12. The van der Waals surface area contributed by atoms with Crippen LogP contribution in [0.3, 0.4) is 0 Å². The van der Waals surface area contributed by atoms with Crippen molar-refractivity contribution in [3.63, 3.8) is 0 Å². The van der Waals surface area contributed by atoms with E-state index in [4.69, 9.17) is 14.2 Å². The number of fused-ring (bicyclic) bond motifs is 2. The molecule has 4 aromatic rings. The Morgan fingerprint density at radius 3 is 2.94 bits per heavy atom. The van der Waals surface area contributed by atoms with E-state index in [9.17, 15) is 5.26 Å². The second-order valence-corrected chi connectivity index (χ2v) is 7.13. The monoisotopic (exact) mass is 409 g/mol. The Bertz CT molecular complexity index is 1330. The summed E-state index contributed by atoms with van der Waals surface area (Å²) < 4.78 is 16.4. The van der Waals surface area contributed by atoms with Crippen LogP contribution >= 0.6 is 0 Å². The lowest BCUT2D eigenvalue weighted by molar-refractivity contribution is -0.0353. The summed E-state index contributed by atoms with van der Waals surface area (Å²) in [6.45, 7) is 0.461. The van der Waals surface area contributed by atoms with Gasteiger partial charge in [0.25, 0.3) is 0 Å². The Morgan fingerprint density at radius 2 is 2.06 bits per heavy atom. The van der Waals surface area contributed by atoms with Gasteiger partial charge in [0.15, 0.2) is 0 Å². The number of aromatic nitrogens is 2. The van der Waals surface area contributed by atoms with Crippen molar-refractivity contribution in [3.8, 4) is 11.8 Å². The molecule has 0 saturated carbocycles. The van der Waals surface area contributed by atoms with Crippen molar-refractivity contribution in [2.24, 2.45) is 0 Å². The molecule has 2 aromatic heterocycles. The maximum Gasteiger partial charge on any atom is 0.242 e. The molecule has 0 unspecified atom stereocenters. The molecular formula is C25H19N3O3. The Hall–Kier alpha value is -4.24. The van der Waals surface area contributed by atoms with Crippen molar-refractivity contribution in [3.05, 3.63) is 84.7 Å². The third-order valence-corrected chi connectivity index (χ3v) is 5.22. The van der Waals surface area contributed by atoms with Gasteiger partial charge in [0.05, 0.1) is 24.7 Å². The quantitative estimate of drug-likeness (QED) is 0.432. The maximum absolute atomic E-state index is 9.91. The first kappa shape index (κ1) is 18.8. The summed E-state index contributed by atoms with van der Waals surface area (Å²) in [6.07, 6.45) is 10.8. The summed E-state index contributed by atoms with van der Waals surface area (Å²) in [7, 11) is 0. The molecule has 1 N–H and O–H groups in total. The van der Waals surface area contributed by atoms with Crippen LogP contribution in [0.25, 0.3) is 33.3 Å². The predicted molar refractivity (Wildman–Crippen MR) is 119 cm³/mol. The highest BCUT2D eigenvalue weighted by Gasteiger charge is 2.13. The van der Waals surface area contributed by atoms with E-state index in [-0.39, 0.29) is 6.29 Å². The number of nitrogens with zero attached hydrogens (tertiary/aromatic N) is 2. The fraction of sp³-hybridized carbons (Fsp3) is 0.120. The average Bonchev–Trinajstić information content (AvgIpc) is 3.47. The van der Waals surface area contributed by atoms with Gasteiger partial charge in [0.1, 0.15) is 18.3 Å². The zero-order valence-corrected chi connectivity index (χ0v) is 16.6. The molecule has 6 nitrogen and oxygen atoms in total. The number of benzene rings is 2. The average molecular weight is 409 g/mol. The minimum Gasteiger partial charge on any atom is -0.493 e. The number of H-pyrrole nitrogens is 1. The number of ether oxygens (including phenoxy) is 3. The van der Waals surface area contributed by atoms with Crippen LogP contribution in [-0.4, -0.2) is 22.9 Å². The van der Waals surface area contributed by atoms with Gasteiger partial charge in [-0.3, -0.25) is 4.98 Å². The van der Waals surface area contributed by atoms with Crippen LogP contribution in [0.4, 0.5) is 0 Å². The van der Waals surface area contributed by atoms with Gasteiger partial charge in [-0.15, -0.1) is 0 Å². The fourth-order valence-corrected chi connectivity index (χ4v) is 3.69. The van der Waals surface area contributed by atoms with Gasteiger partial charge in [-0.2, -0.15) is 5.26 Å². The van der Waals surface area contributed by atoms with Crippen molar-refractivity contribution in [1.82, 2.24) is 9.97 Å². The number of hydrogen-bond donors (Lipinski definition) is 1. The fourth-order valence-electron chi connectivity index (χ4n) is 3.69. The molecular weight excluding hydrogens is 390 g/mol. The first-order valence-electron chi connectivity index (χ1n) is 9.96. The Kier molecular flexibility index (Phi) is 4.99. The van der Waals surface area contributed by atoms with Crippen molar-refractivity contribution in [2.75, 3.05) is 6.61 Å². The minimum atomic E-state index is -0.296. The molecule has 0 saturated heterocycles. The van der Waals surface area contributed by atoms with E-state index in [1.165, 1.54) is 12.5 Å². The van der Waals surface area contributed by atoms with E-state index in [0.29, 0.717) is 18.6 Å². The summed E-state index contributed by atoms with van der Waals surface area (Å²) in [4.78, 5) is 7.43. The summed E-state index contributed by atoms with van der Waals surface area (Å²) in [5, 5.41) is 12.9. The molecule has 1 aliphatic heterocycles. The number of nitriles is 1. The zero-order valence-electron chi connectivity index (χ0n) is 16.6. The van der Waals surface area contributed by atoms with E-state index in [2.05, 4.69) is 16.0 Å². The summed E-state index contributed by atoms with van der Waals surface area (Å²) >= 11 is 0. The molecule has 6 heteroatoms. The summed E-state index contributed by atoms with van der Waals surface area (Å²) in [5.41, 5.74) is 3.33. The van der Waals surface area contributed by atoms with Crippen LogP contribution in [0, 0.1) is 11.3 Å². The highest BCUT2D eigenvalue weighted by molar-refractivity contribution is 6.04. The lowest BCUT2D eigenvalue weighted by Crippen LogP contribution is -2.12. The molecule has 0 atom stereocenters. The first-order chi connectivity index (χ1) is 15.3. The number of aromatic amines is 1. The van der Waals surface area contributed by atoms with E-state index in [0.717, 1.165) is 38.6 Å². The third kappa shape index (κ3) is 3.81. The van der Waals surface area contributed by atoms with E-state index in [1.54, 1.807) is 6.20 Å². The van der Waals surface area contributed by atoms with Crippen LogP contribution < -0.4 is 4.74 Å². The van der Waals surface area contributed by atoms with Gasteiger partial charge in [-0.1, -0.05) is 18.2 Å². The third-order valence-electron chi connectivity index (χ3n) is 5.22. The van der Waals surface area contributed by atoms with Gasteiger partial charge in [0, 0.05) is 40.4 Å². The normalized spacial score (nSPS) is 13.8. The Labute approximate surface area is 179 Å². The molecule has 31 heavy (non-hydrogen) atoms. The molecule has 5 rings (SSSR count). The van der Waals surface area contributed by atoms with Crippen LogP contribution in [-0.2, 0) is 9.47 Å². The zero-order chi connectivity index (χ0) is 21.0. The van der Waals surface area contributed by atoms with Crippen molar-refractivity contribution in [1.29, 1.82) is 5.26 Å².